The number of benzene rings is 3. The van der Waals surface area contributed by atoms with Crippen molar-refractivity contribution in [3.8, 4) is 0 Å². The number of hydrogen-bond donors (Lipinski definition) is 1. The Bertz CT molecular complexity index is 1200. The molecule has 9 heteroatoms. The monoisotopic (exact) mass is 515 g/mol. The van der Waals surface area contributed by atoms with Crippen LogP contribution in [0.3, 0.4) is 0 Å². The molecular formula is C25H20Cl2FN3O2S. The van der Waals surface area contributed by atoms with Gasteiger partial charge in [0.2, 0.25) is 11.8 Å². The lowest BCUT2D eigenvalue weighted by molar-refractivity contribution is -0.129. The third kappa shape index (κ3) is 6.38. The van der Waals surface area contributed by atoms with E-state index in [-0.39, 0.29) is 24.1 Å². The van der Waals surface area contributed by atoms with Gasteiger partial charge in [0, 0.05) is 28.7 Å². The Labute approximate surface area is 211 Å². The second-order valence-corrected chi connectivity index (χ2v) is 9.64. The number of nitrogens with one attached hydrogen (secondary N) is 1. The standard InChI is InChI=1S/C25H20Cl2FN3O2S/c26-17-3-1-16(2-4-17)13-14-31-23(32)15-22(24(33)29-20-9-5-18(27)6-10-20)34-25(31)30-21-11-7-19(28)8-12-21/h1-12,22H,13-15H2,(H,29,33). The summed E-state index contributed by atoms with van der Waals surface area (Å²) in [5.41, 5.74) is 2.10. The molecule has 4 rings (SSSR count). The van der Waals surface area contributed by atoms with Gasteiger partial charge in [-0.3, -0.25) is 14.5 Å². The number of anilines is 1. The van der Waals surface area contributed by atoms with Crippen molar-refractivity contribution in [3.63, 3.8) is 0 Å². The van der Waals surface area contributed by atoms with Gasteiger partial charge < -0.3 is 5.32 Å². The van der Waals surface area contributed by atoms with Crippen LogP contribution >= 0.6 is 35.0 Å². The van der Waals surface area contributed by atoms with Crippen LogP contribution in [-0.4, -0.2) is 33.7 Å². The van der Waals surface area contributed by atoms with Gasteiger partial charge in [0.25, 0.3) is 0 Å². The minimum Gasteiger partial charge on any atom is -0.325 e. The zero-order valence-electron chi connectivity index (χ0n) is 17.9. The molecular weight excluding hydrogens is 496 g/mol. The Hall–Kier alpha value is -2.87. The molecule has 3 aromatic rings. The van der Waals surface area contributed by atoms with E-state index in [2.05, 4.69) is 10.3 Å². The fraction of sp³-hybridized carbons (Fsp3) is 0.160. The molecule has 0 spiro atoms. The lowest BCUT2D eigenvalue weighted by atomic mass is 10.1. The highest BCUT2D eigenvalue weighted by molar-refractivity contribution is 8.15. The van der Waals surface area contributed by atoms with Crippen molar-refractivity contribution in [1.29, 1.82) is 0 Å². The van der Waals surface area contributed by atoms with E-state index < -0.39 is 5.25 Å². The highest BCUT2D eigenvalue weighted by Crippen LogP contribution is 2.30. The fourth-order valence-electron chi connectivity index (χ4n) is 3.34. The predicted octanol–water partition coefficient (Wildman–Crippen LogP) is 6.34. The van der Waals surface area contributed by atoms with Crippen LogP contribution in [0.4, 0.5) is 15.8 Å². The molecule has 1 fully saturated rings. The Morgan fingerprint density at radius 2 is 1.62 bits per heavy atom. The van der Waals surface area contributed by atoms with Crippen molar-refractivity contribution in [2.24, 2.45) is 4.99 Å². The molecule has 3 aromatic carbocycles. The first kappa shape index (κ1) is 24.3. The van der Waals surface area contributed by atoms with Crippen LogP contribution in [0.1, 0.15) is 12.0 Å². The molecule has 1 heterocycles. The summed E-state index contributed by atoms with van der Waals surface area (Å²) in [5, 5.41) is 3.76. The van der Waals surface area contributed by atoms with E-state index in [1.54, 1.807) is 41.3 Å². The molecule has 34 heavy (non-hydrogen) atoms. The predicted molar refractivity (Wildman–Crippen MR) is 136 cm³/mol. The molecule has 0 saturated carbocycles. The second-order valence-electron chi connectivity index (χ2n) is 7.60. The fourth-order valence-corrected chi connectivity index (χ4v) is 4.71. The van der Waals surface area contributed by atoms with Gasteiger partial charge >= 0.3 is 0 Å². The quantitative estimate of drug-likeness (QED) is 0.416. The van der Waals surface area contributed by atoms with Gasteiger partial charge in [0.15, 0.2) is 5.17 Å². The smallest absolute Gasteiger partial charge is 0.238 e. The zero-order chi connectivity index (χ0) is 24.1. The van der Waals surface area contributed by atoms with Crippen LogP contribution in [0.15, 0.2) is 77.8 Å². The molecule has 1 unspecified atom stereocenters. The van der Waals surface area contributed by atoms with E-state index in [9.17, 15) is 14.0 Å². The van der Waals surface area contributed by atoms with Crippen LogP contribution in [0, 0.1) is 5.82 Å². The van der Waals surface area contributed by atoms with Crippen molar-refractivity contribution in [1.82, 2.24) is 4.90 Å². The lowest BCUT2D eigenvalue weighted by Gasteiger charge is -2.32. The maximum atomic E-state index is 13.4. The summed E-state index contributed by atoms with van der Waals surface area (Å²) < 4.78 is 13.4. The lowest BCUT2D eigenvalue weighted by Crippen LogP contribution is -2.46. The van der Waals surface area contributed by atoms with Gasteiger partial charge in [0.1, 0.15) is 11.1 Å². The SMILES string of the molecule is O=C(Nc1ccc(Cl)cc1)C1CC(=O)N(CCc2ccc(Cl)cc2)C(=Nc2ccc(F)cc2)S1. The van der Waals surface area contributed by atoms with E-state index in [1.807, 2.05) is 12.1 Å². The molecule has 0 aliphatic carbocycles. The number of rotatable bonds is 6. The minimum atomic E-state index is -0.658. The molecule has 1 saturated heterocycles. The molecule has 2 amide bonds. The van der Waals surface area contributed by atoms with Crippen molar-refractivity contribution in [3.05, 3.63) is 94.2 Å². The van der Waals surface area contributed by atoms with Gasteiger partial charge in [-0.15, -0.1) is 0 Å². The van der Waals surface area contributed by atoms with Gasteiger partial charge in [0.05, 0.1) is 5.69 Å². The summed E-state index contributed by atoms with van der Waals surface area (Å²) in [5.74, 6) is -0.884. The molecule has 174 valence electrons. The van der Waals surface area contributed by atoms with Gasteiger partial charge in [-0.25, -0.2) is 9.38 Å². The van der Waals surface area contributed by atoms with Crippen molar-refractivity contribution < 1.29 is 14.0 Å². The first-order valence-electron chi connectivity index (χ1n) is 10.5. The largest absolute Gasteiger partial charge is 0.325 e. The first-order chi connectivity index (χ1) is 16.4. The van der Waals surface area contributed by atoms with Crippen molar-refractivity contribution in [2.75, 3.05) is 11.9 Å². The third-order valence-electron chi connectivity index (χ3n) is 5.13. The number of amidine groups is 1. The number of aliphatic imine (C=N–C) groups is 1. The zero-order valence-corrected chi connectivity index (χ0v) is 20.2. The molecule has 1 atom stereocenters. The number of carbonyl (C=O) groups excluding carboxylic acids is 2. The summed E-state index contributed by atoms with van der Waals surface area (Å²) in [7, 11) is 0. The number of hydrogen-bond acceptors (Lipinski definition) is 4. The average molecular weight is 516 g/mol. The Morgan fingerprint density at radius 3 is 2.26 bits per heavy atom. The van der Waals surface area contributed by atoms with Gasteiger partial charge in [-0.05, 0) is 72.6 Å². The highest BCUT2D eigenvalue weighted by atomic mass is 35.5. The highest BCUT2D eigenvalue weighted by Gasteiger charge is 2.35. The number of nitrogens with zero attached hydrogens (tertiary/aromatic N) is 2. The van der Waals surface area contributed by atoms with Crippen LogP contribution in [-0.2, 0) is 16.0 Å². The normalized spacial score (nSPS) is 17.1. The summed E-state index contributed by atoms with van der Waals surface area (Å²) in [6.07, 6.45) is 0.626. The van der Waals surface area contributed by atoms with E-state index in [0.717, 1.165) is 5.56 Å². The maximum absolute atomic E-state index is 13.4. The van der Waals surface area contributed by atoms with E-state index in [4.69, 9.17) is 23.2 Å². The number of thioether (sulfide) groups is 1. The third-order valence-corrected chi connectivity index (χ3v) is 6.82. The Kier molecular flexibility index (Phi) is 7.88. The van der Waals surface area contributed by atoms with Gasteiger partial charge in [-0.2, -0.15) is 0 Å². The van der Waals surface area contributed by atoms with Crippen LogP contribution in [0.5, 0.6) is 0 Å². The molecule has 5 nitrogen and oxygen atoms in total. The van der Waals surface area contributed by atoms with Crippen LogP contribution < -0.4 is 5.32 Å². The first-order valence-corrected chi connectivity index (χ1v) is 12.1. The minimum absolute atomic E-state index is 0.0349. The van der Waals surface area contributed by atoms with Gasteiger partial charge in [-0.1, -0.05) is 47.1 Å². The Morgan fingerprint density at radius 1 is 1.00 bits per heavy atom. The summed E-state index contributed by atoms with van der Waals surface area (Å²) in [6.45, 7) is 0.388. The molecule has 0 aromatic heterocycles. The Balaban J connectivity index is 1.54. The topological polar surface area (TPSA) is 61.8 Å². The van der Waals surface area contributed by atoms with Crippen molar-refractivity contribution >= 4 is 63.3 Å². The molecule has 1 aliphatic rings. The van der Waals surface area contributed by atoms with Crippen LogP contribution in [0.2, 0.25) is 10.0 Å². The summed E-state index contributed by atoms with van der Waals surface area (Å²) in [4.78, 5) is 32.1. The second kappa shape index (κ2) is 11.0. The van der Waals surface area contributed by atoms with E-state index in [0.29, 0.717) is 39.6 Å². The van der Waals surface area contributed by atoms with Crippen LogP contribution in [0.25, 0.3) is 0 Å². The molecule has 1 N–H and O–H groups in total. The molecule has 0 bridgehead atoms. The number of amides is 2. The summed E-state index contributed by atoms with van der Waals surface area (Å²) >= 11 is 13.1. The number of halogens is 3. The summed E-state index contributed by atoms with van der Waals surface area (Å²) in [6, 6.07) is 19.8. The van der Waals surface area contributed by atoms with E-state index >= 15 is 0 Å². The van der Waals surface area contributed by atoms with Crippen molar-refractivity contribution in [2.45, 2.75) is 18.1 Å². The molecule has 0 radical (unpaired) electrons. The molecule has 1 aliphatic heterocycles. The van der Waals surface area contributed by atoms with E-state index in [1.165, 1.54) is 36.0 Å². The number of carbonyl (C=O) groups is 2. The average Bonchev–Trinajstić information content (AvgIpc) is 2.82. The maximum Gasteiger partial charge on any atom is 0.238 e.